The fourth-order valence-electron chi connectivity index (χ4n) is 4.77. The van der Waals surface area contributed by atoms with Gasteiger partial charge < -0.3 is 24.8 Å². The van der Waals surface area contributed by atoms with Crippen LogP contribution < -0.4 is 21.8 Å². The fraction of sp³-hybridized carbons (Fsp3) is 0.371. The van der Waals surface area contributed by atoms with Gasteiger partial charge in [0.15, 0.2) is 23.0 Å². The molecule has 2 N–H and O–H groups in total. The van der Waals surface area contributed by atoms with E-state index in [1.807, 2.05) is 0 Å². The van der Waals surface area contributed by atoms with Crippen molar-refractivity contribution < 1.29 is 33.4 Å². The Morgan fingerprint density at radius 2 is 1.21 bits per heavy atom. The van der Waals surface area contributed by atoms with Crippen LogP contribution in [0.25, 0.3) is 0 Å². The Kier molecular flexibility index (Phi) is 13.6. The summed E-state index contributed by atoms with van der Waals surface area (Å²) in [5, 5.41) is 13.8. The minimum absolute atomic E-state index is 0.000668. The monoisotopic (exact) mass is 716 g/mol. The lowest BCUT2D eigenvalue weighted by atomic mass is 10.1. The third-order valence-corrected chi connectivity index (χ3v) is 7.53. The second kappa shape index (κ2) is 18.2. The Morgan fingerprint density at radius 3 is 1.58 bits per heavy atom. The largest absolute Gasteiger partial charge is 0.461 e. The van der Waals surface area contributed by atoms with Gasteiger partial charge in [-0.3, -0.25) is 29.1 Å². The summed E-state index contributed by atoms with van der Waals surface area (Å²) in [5.74, 6) is -2.04. The number of ketones is 2. The molecular formula is C35H40N8O9. The van der Waals surface area contributed by atoms with E-state index in [0.717, 1.165) is 22.2 Å². The highest BCUT2D eigenvalue weighted by atomic mass is 16.6. The van der Waals surface area contributed by atoms with Gasteiger partial charge in [-0.15, -0.1) is 0 Å². The van der Waals surface area contributed by atoms with Crippen molar-refractivity contribution in [1.82, 2.24) is 29.5 Å². The summed E-state index contributed by atoms with van der Waals surface area (Å²) < 4.78 is 17.4. The SMILES string of the molecule is CCn1nc(C(=O)OCC2CC2)c(C(C)=O)c(Nc2cccnc2)c1=O.CCn1nc(C(=O)OCCOC)c(C(C)=O)c(Nc2cccnc2)c1=O. The van der Waals surface area contributed by atoms with Crippen LogP contribution in [0.15, 0.2) is 58.6 Å². The van der Waals surface area contributed by atoms with Gasteiger partial charge in [0, 0.05) is 32.6 Å². The zero-order chi connectivity index (χ0) is 37.8. The van der Waals surface area contributed by atoms with Crippen LogP contribution in [0.3, 0.4) is 0 Å². The van der Waals surface area contributed by atoms with E-state index < -0.39 is 34.6 Å². The Morgan fingerprint density at radius 1 is 0.750 bits per heavy atom. The van der Waals surface area contributed by atoms with E-state index in [2.05, 4.69) is 30.8 Å². The van der Waals surface area contributed by atoms with Gasteiger partial charge in [0.05, 0.1) is 48.1 Å². The van der Waals surface area contributed by atoms with E-state index in [4.69, 9.17) is 14.2 Å². The smallest absolute Gasteiger partial charge is 0.359 e. The summed E-state index contributed by atoms with van der Waals surface area (Å²) in [6.45, 7) is 6.96. The number of aryl methyl sites for hydroxylation is 2. The number of hydrogen-bond donors (Lipinski definition) is 2. The molecule has 0 unspecified atom stereocenters. The molecule has 5 rings (SSSR count). The number of nitrogens with zero attached hydrogens (tertiary/aromatic N) is 6. The number of ether oxygens (including phenoxy) is 3. The van der Waals surface area contributed by atoms with Crippen LogP contribution >= 0.6 is 0 Å². The van der Waals surface area contributed by atoms with Gasteiger partial charge in [-0.05, 0) is 70.7 Å². The van der Waals surface area contributed by atoms with Crippen LogP contribution in [-0.4, -0.2) is 80.0 Å². The molecule has 4 aromatic rings. The predicted octanol–water partition coefficient (Wildman–Crippen LogP) is 3.58. The number of Topliss-reactive ketones (excluding diaryl/α,β-unsaturated/α-hetero) is 2. The lowest BCUT2D eigenvalue weighted by Gasteiger charge is -2.15. The lowest BCUT2D eigenvalue weighted by molar-refractivity contribution is 0.0376. The van der Waals surface area contributed by atoms with Gasteiger partial charge in [-0.2, -0.15) is 10.2 Å². The molecule has 274 valence electrons. The Labute approximate surface area is 298 Å². The molecule has 0 amide bonds. The van der Waals surface area contributed by atoms with Gasteiger partial charge in [-0.1, -0.05) is 0 Å². The number of hydrogen-bond acceptors (Lipinski definition) is 15. The lowest BCUT2D eigenvalue weighted by Crippen LogP contribution is -2.31. The number of aromatic nitrogens is 6. The molecule has 17 nitrogen and oxygen atoms in total. The van der Waals surface area contributed by atoms with E-state index in [0.29, 0.717) is 23.9 Å². The number of carbonyl (C=O) groups is 4. The van der Waals surface area contributed by atoms with Crippen molar-refractivity contribution in [3.05, 3.63) is 92.3 Å². The van der Waals surface area contributed by atoms with E-state index in [1.165, 1.54) is 33.4 Å². The number of nitrogens with one attached hydrogen (secondary N) is 2. The van der Waals surface area contributed by atoms with E-state index in [1.54, 1.807) is 50.5 Å². The summed E-state index contributed by atoms with van der Waals surface area (Å²) in [4.78, 5) is 82.6. The number of methoxy groups -OCH3 is 1. The predicted molar refractivity (Wildman–Crippen MR) is 189 cm³/mol. The fourth-order valence-corrected chi connectivity index (χ4v) is 4.77. The standard InChI is InChI=1S/C18H20N4O4.C17H20N4O5/c1-3-22-17(24)15(20-13-5-4-8-19-9-13)14(11(2)23)16(21-22)18(25)26-10-12-6-7-12;1-4-21-16(23)14(19-12-6-5-7-18-10-12)13(11(2)22)15(20-21)17(24)26-9-8-25-3/h4-5,8-9,12,20H,3,6-7,10H2,1-2H3;5-7,10,19H,4,8-9H2,1-3H3. The Balaban J connectivity index is 0.000000233. The molecule has 1 saturated carbocycles. The van der Waals surface area contributed by atoms with Gasteiger partial charge in [0.1, 0.15) is 18.0 Å². The first-order valence-electron chi connectivity index (χ1n) is 16.5. The minimum atomic E-state index is -0.802. The second-order valence-electron chi connectivity index (χ2n) is 11.5. The maximum absolute atomic E-state index is 12.7. The summed E-state index contributed by atoms with van der Waals surface area (Å²) in [5.41, 5.74) is -0.572. The molecule has 0 saturated heterocycles. The number of carbonyl (C=O) groups excluding carboxylic acids is 4. The quantitative estimate of drug-likeness (QED) is 0.102. The van der Waals surface area contributed by atoms with Crippen molar-refractivity contribution >= 4 is 46.3 Å². The van der Waals surface area contributed by atoms with Crippen LogP contribution in [0.1, 0.15) is 82.2 Å². The molecule has 52 heavy (non-hydrogen) atoms. The summed E-state index contributed by atoms with van der Waals surface area (Å²) >= 11 is 0. The number of esters is 2. The van der Waals surface area contributed by atoms with Gasteiger partial charge >= 0.3 is 11.9 Å². The normalized spacial score (nSPS) is 11.9. The van der Waals surface area contributed by atoms with E-state index >= 15 is 0 Å². The van der Waals surface area contributed by atoms with Crippen molar-refractivity contribution in [2.45, 2.75) is 53.6 Å². The van der Waals surface area contributed by atoms with Gasteiger partial charge in [-0.25, -0.2) is 19.0 Å². The highest BCUT2D eigenvalue weighted by Gasteiger charge is 2.29. The molecule has 17 heteroatoms. The summed E-state index contributed by atoms with van der Waals surface area (Å²) in [6.07, 6.45) is 8.24. The summed E-state index contributed by atoms with van der Waals surface area (Å²) in [7, 11) is 1.47. The van der Waals surface area contributed by atoms with Crippen LogP contribution in [-0.2, 0) is 27.3 Å². The molecule has 1 fully saturated rings. The van der Waals surface area contributed by atoms with E-state index in [-0.39, 0.29) is 60.2 Å². The van der Waals surface area contributed by atoms with Crippen molar-refractivity contribution in [3.8, 4) is 0 Å². The second-order valence-corrected chi connectivity index (χ2v) is 11.5. The molecule has 0 aliphatic heterocycles. The molecule has 0 atom stereocenters. The molecule has 0 aromatic carbocycles. The molecule has 4 heterocycles. The zero-order valence-electron chi connectivity index (χ0n) is 29.5. The van der Waals surface area contributed by atoms with Crippen LogP contribution in [0.5, 0.6) is 0 Å². The minimum Gasteiger partial charge on any atom is -0.461 e. The zero-order valence-corrected chi connectivity index (χ0v) is 29.5. The average molecular weight is 717 g/mol. The third kappa shape index (κ3) is 9.78. The molecule has 1 aliphatic rings. The number of rotatable bonds is 15. The van der Waals surface area contributed by atoms with Crippen molar-refractivity contribution in [1.29, 1.82) is 0 Å². The first-order chi connectivity index (χ1) is 25.0. The molecule has 0 spiro atoms. The Bertz CT molecular complexity index is 2030. The molecule has 0 radical (unpaired) electrons. The molecule has 0 bridgehead atoms. The first-order valence-corrected chi connectivity index (χ1v) is 16.5. The van der Waals surface area contributed by atoms with Gasteiger partial charge in [0.2, 0.25) is 0 Å². The highest BCUT2D eigenvalue weighted by molar-refractivity contribution is 6.09. The van der Waals surface area contributed by atoms with Crippen molar-refractivity contribution in [3.63, 3.8) is 0 Å². The highest BCUT2D eigenvalue weighted by Crippen LogP contribution is 2.29. The average Bonchev–Trinajstić information content (AvgIpc) is 3.97. The maximum atomic E-state index is 12.7. The van der Waals surface area contributed by atoms with Crippen LogP contribution in [0, 0.1) is 5.92 Å². The first kappa shape index (κ1) is 38.7. The van der Waals surface area contributed by atoms with Crippen molar-refractivity contribution in [2.75, 3.05) is 37.6 Å². The maximum Gasteiger partial charge on any atom is 0.359 e. The van der Waals surface area contributed by atoms with E-state index in [9.17, 15) is 28.8 Å². The Hall–Kier alpha value is -6.10. The van der Waals surface area contributed by atoms with Gasteiger partial charge in [0.25, 0.3) is 11.1 Å². The summed E-state index contributed by atoms with van der Waals surface area (Å²) in [6, 6.07) is 6.76. The molecular weight excluding hydrogens is 676 g/mol. The van der Waals surface area contributed by atoms with Crippen LogP contribution in [0.2, 0.25) is 0 Å². The molecule has 1 aliphatic carbocycles. The van der Waals surface area contributed by atoms with Crippen LogP contribution in [0.4, 0.5) is 22.7 Å². The molecule has 4 aromatic heterocycles. The third-order valence-electron chi connectivity index (χ3n) is 7.53. The number of anilines is 4. The number of pyridine rings is 2. The topological polar surface area (TPSA) is 216 Å². The van der Waals surface area contributed by atoms with Crippen molar-refractivity contribution in [2.24, 2.45) is 5.92 Å².